The molecular weight excluding hydrogens is 306 g/mol. The van der Waals surface area contributed by atoms with E-state index in [4.69, 9.17) is 9.47 Å². The highest BCUT2D eigenvalue weighted by Crippen LogP contribution is 2.26. The Balaban J connectivity index is 1.48. The van der Waals surface area contributed by atoms with E-state index in [9.17, 15) is 4.79 Å². The van der Waals surface area contributed by atoms with Crippen molar-refractivity contribution in [2.75, 3.05) is 26.3 Å². The second kappa shape index (κ2) is 6.65. The Morgan fingerprint density at radius 3 is 3.17 bits per heavy atom. The van der Waals surface area contributed by atoms with Crippen molar-refractivity contribution < 1.29 is 14.3 Å². The van der Waals surface area contributed by atoms with E-state index in [2.05, 4.69) is 5.10 Å². The molecule has 1 atom stereocenters. The number of aromatic nitrogens is 2. The summed E-state index contributed by atoms with van der Waals surface area (Å²) in [6, 6.07) is 7.64. The van der Waals surface area contributed by atoms with Gasteiger partial charge < -0.3 is 14.4 Å². The van der Waals surface area contributed by atoms with Gasteiger partial charge in [-0.3, -0.25) is 9.48 Å². The second-order valence-electron chi connectivity index (χ2n) is 6.25. The number of rotatable bonds is 3. The van der Waals surface area contributed by atoms with Crippen LogP contribution in [0.4, 0.5) is 0 Å². The van der Waals surface area contributed by atoms with Gasteiger partial charge in [0.2, 0.25) is 0 Å². The fourth-order valence-electron chi connectivity index (χ4n) is 3.31. The van der Waals surface area contributed by atoms with E-state index in [1.54, 1.807) is 6.20 Å². The van der Waals surface area contributed by atoms with E-state index in [1.807, 2.05) is 40.0 Å². The predicted molar refractivity (Wildman–Crippen MR) is 88.1 cm³/mol. The summed E-state index contributed by atoms with van der Waals surface area (Å²) in [6.45, 7) is 3.35. The Hall–Kier alpha value is -2.34. The number of hydrogen-bond acceptors (Lipinski definition) is 4. The van der Waals surface area contributed by atoms with Crippen LogP contribution in [0.15, 0.2) is 36.7 Å². The van der Waals surface area contributed by atoms with Gasteiger partial charge in [0.25, 0.3) is 5.91 Å². The molecule has 0 N–H and O–H groups in total. The van der Waals surface area contributed by atoms with E-state index in [0.717, 1.165) is 36.3 Å². The summed E-state index contributed by atoms with van der Waals surface area (Å²) in [4.78, 5) is 14.8. The highest BCUT2D eigenvalue weighted by atomic mass is 16.5. The second-order valence-corrected chi connectivity index (χ2v) is 6.25. The number of ether oxygens (including phenoxy) is 2. The lowest BCUT2D eigenvalue weighted by Crippen LogP contribution is -2.38. The molecule has 6 heteroatoms. The van der Waals surface area contributed by atoms with E-state index >= 15 is 0 Å². The maximum atomic E-state index is 12.9. The quantitative estimate of drug-likeness (QED) is 0.862. The molecule has 0 radical (unpaired) electrons. The fourth-order valence-corrected chi connectivity index (χ4v) is 3.31. The number of fused-ring (bicyclic) bond motifs is 1. The Labute approximate surface area is 141 Å². The molecule has 1 aromatic carbocycles. The number of benzene rings is 1. The standard InChI is InChI=1S/C18H21N3O3/c22-18(15-3-4-17-14(11-15)5-10-24-17)20-7-2-9-23-16(12-20)13-21-8-1-6-19-21/h1,3-4,6,8,11,16H,2,5,7,9-10,12-13H2/t16-/m1/s1. The van der Waals surface area contributed by atoms with Crippen molar-refractivity contribution in [1.82, 2.24) is 14.7 Å². The minimum atomic E-state index is -0.0332. The summed E-state index contributed by atoms with van der Waals surface area (Å²) >= 11 is 0. The molecule has 0 spiro atoms. The normalized spacial score (nSPS) is 20.3. The highest BCUT2D eigenvalue weighted by molar-refractivity contribution is 5.94. The Morgan fingerprint density at radius 1 is 1.33 bits per heavy atom. The van der Waals surface area contributed by atoms with E-state index in [1.165, 1.54) is 0 Å². The van der Waals surface area contributed by atoms with Crippen LogP contribution >= 0.6 is 0 Å². The van der Waals surface area contributed by atoms with Gasteiger partial charge in [-0.1, -0.05) is 0 Å². The van der Waals surface area contributed by atoms with E-state index in [-0.39, 0.29) is 12.0 Å². The van der Waals surface area contributed by atoms with Gasteiger partial charge in [-0.15, -0.1) is 0 Å². The average molecular weight is 327 g/mol. The minimum Gasteiger partial charge on any atom is -0.493 e. The molecule has 2 aliphatic rings. The number of carbonyl (C=O) groups is 1. The first-order chi connectivity index (χ1) is 11.8. The lowest BCUT2D eigenvalue weighted by Gasteiger charge is -2.24. The first-order valence-electron chi connectivity index (χ1n) is 8.43. The Kier molecular flexibility index (Phi) is 4.21. The third kappa shape index (κ3) is 3.14. The maximum absolute atomic E-state index is 12.9. The summed E-state index contributed by atoms with van der Waals surface area (Å²) < 4.78 is 13.3. The van der Waals surface area contributed by atoms with Crippen LogP contribution in [-0.2, 0) is 17.7 Å². The molecule has 4 rings (SSSR count). The van der Waals surface area contributed by atoms with Crippen molar-refractivity contribution in [3.05, 3.63) is 47.8 Å². The van der Waals surface area contributed by atoms with Crippen molar-refractivity contribution in [3.63, 3.8) is 0 Å². The van der Waals surface area contributed by atoms with Crippen LogP contribution in [0.5, 0.6) is 5.75 Å². The average Bonchev–Trinajstić information content (AvgIpc) is 3.22. The zero-order valence-electron chi connectivity index (χ0n) is 13.6. The monoisotopic (exact) mass is 327 g/mol. The maximum Gasteiger partial charge on any atom is 0.253 e. The zero-order valence-corrected chi connectivity index (χ0v) is 13.6. The summed E-state index contributed by atoms with van der Waals surface area (Å²) in [5.74, 6) is 0.975. The molecule has 1 fully saturated rings. The third-order valence-corrected chi connectivity index (χ3v) is 4.52. The fraction of sp³-hybridized carbons (Fsp3) is 0.444. The molecule has 0 bridgehead atoms. The molecule has 2 aliphatic heterocycles. The van der Waals surface area contributed by atoms with Gasteiger partial charge in [0.1, 0.15) is 5.75 Å². The number of carbonyl (C=O) groups excluding carboxylic acids is 1. The topological polar surface area (TPSA) is 56.6 Å². The molecule has 3 heterocycles. The smallest absolute Gasteiger partial charge is 0.253 e. The number of hydrogen-bond donors (Lipinski definition) is 0. The van der Waals surface area contributed by atoms with Crippen LogP contribution < -0.4 is 4.74 Å². The molecule has 1 amide bonds. The molecular formula is C18H21N3O3. The van der Waals surface area contributed by atoms with Crippen LogP contribution in [0.1, 0.15) is 22.3 Å². The van der Waals surface area contributed by atoms with Crippen LogP contribution in [0, 0.1) is 0 Å². The van der Waals surface area contributed by atoms with Gasteiger partial charge in [0.15, 0.2) is 0 Å². The highest BCUT2D eigenvalue weighted by Gasteiger charge is 2.25. The van der Waals surface area contributed by atoms with Crippen LogP contribution in [-0.4, -0.2) is 53.0 Å². The molecule has 6 nitrogen and oxygen atoms in total. The van der Waals surface area contributed by atoms with Gasteiger partial charge in [-0.05, 0) is 36.2 Å². The van der Waals surface area contributed by atoms with Crippen LogP contribution in [0.3, 0.4) is 0 Å². The van der Waals surface area contributed by atoms with Gasteiger partial charge in [-0.2, -0.15) is 5.10 Å². The lowest BCUT2D eigenvalue weighted by atomic mass is 10.1. The Morgan fingerprint density at radius 2 is 2.29 bits per heavy atom. The largest absolute Gasteiger partial charge is 0.493 e. The summed E-state index contributed by atoms with van der Waals surface area (Å²) in [6.07, 6.45) is 5.37. The molecule has 126 valence electrons. The van der Waals surface area contributed by atoms with Crippen molar-refractivity contribution in [1.29, 1.82) is 0 Å². The van der Waals surface area contributed by atoms with Crippen molar-refractivity contribution >= 4 is 5.91 Å². The molecule has 0 aliphatic carbocycles. The van der Waals surface area contributed by atoms with Crippen LogP contribution in [0.25, 0.3) is 0 Å². The first-order valence-corrected chi connectivity index (χ1v) is 8.43. The van der Waals surface area contributed by atoms with E-state index < -0.39 is 0 Å². The van der Waals surface area contributed by atoms with Gasteiger partial charge in [0.05, 0.1) is 19.3 Å². The predicted octanol–water partition coefficient (Wildman–Crippen LogP) is 1.75. The van der Waals surface area contributed by atoms with Gasteiger partial charge in [-0.25, -0.2) is 0 Å². The lowest BCUT2D eigenvalue weighted by molar-refractivity contribution is 0.0367. The zero-order chi connectivity index (χ0) is 16.4. The summed E-state index contributed by atoms with van der Waals surface area (Å²) in [5.41, 5.74) is 1.86. The third-order valence-electron chi connectivity index (χ3n) is 4.52. The van der Waals surface area contributed by atoms with Crippen LogP contribution in [0.2, 0.25) is 0 Å². The number of amides is 1. The van der Waals surface area contributed by atoms with Crippen molar-refractivity contribution in [2.24, 2.45) is 0 Å². The van der Waals surface area contributed by atoms with E-state index in [0.29, 0.717) is 26.3 Å². The van der Waals surface area contributed by atoms with Gasteiger partial charge in [0, 0.05) is 44.1 Å². The molecule has 1 saturated heterocycles. The first kappa shape index (κ1) is 15.2. The molecule has 1 aromatic heterocycles. The summed E-state index contributed by atoms with van der Waals surface area (Å²) in [7, 11) is 0. The van der Waals surface area contributed by atoms with Gasteiger partial charge >= 0.3 is 0 Å². The molecule has 24 heavy (non-hydrogen) atoms. The Bertz CT molecular complexity index is 714. The minimum absolute atomic E-state index is 0.0332. The van der Waals surface area contributed by atoms with Crippen molar-refractivity contribution in [3.8, 4) is 5.75 Å². The SMILES string of the molecule is O=C(c1ccc2c(c1)CCO2)N1CCCO[C@@H](Cn2cccn2)C1. The summed E-state index contributed by atoms with van der Waals surface area (Å²) in [5, 5.41) is 4.23. The molecule has 2 aromatic rings. The molecule has 0 unspecified atom stereocenters. The van der Waals surface area contributed by atoms with Crippen molar-refractivity contribution in [2.45, 2.75) is 25.5 Å². The molecule has 0 saturated carbocycles. The number of nitrogens with zero attached hydrogens (tertiary/aromatic N) is 3.